The zero-order valence-electron chi connectivity index (χ0n) is 13.1. The van der Waals surface area contributed by atoms with E-state index in [2.05, 4.69) is 10.1 Å². The highest BCUT2D eigenvalue weighted by atomic mass is 16.2. The second kappa shape index (κ2) is 6.25. The fourth-order valence-corrected chi connectivity index (χ4v) is 2.95. The van der Waals surface area contributed by atoms with E-state index in [1.165, 1.54) is 0 Å². The number of nitrogens with zero attached hydrogens (tertiary/aromatic N) is 5. The molecule has 0 spiro atoms. The Morgan fingerprint density at radius 2 is 2.05 bits per heavy atom. The highest BCUT2D eigenvalue weighted by molar-refractivity contribution is 5.73. The minimum atomic E-state index is 0.178. The molecule has 3 rings (SSSR count). The molecule has 0 N–H and O–H groups in total. The maximum absolute atomic E-state index is 11.4. The average Bonchev–Trinajstić information content (AvgIpc) is 2.95. The molecule has 1 aliphatic heterocycles. The molecule has 2 aromatic heterocycles. The normalized spacial score (nSPS) is 16.0. The summed E-state index contributed by atoms with van der Waals surface area (Å²) < 4.78 is 1.77. The molecule has 1 fully saturated rings. The van der Waals surface area contributed by atoms with E-state index in [-0.39, 0.29) is 5.91 Å². The molecule has 0 aromatic carbocycles. The summed E-state index contributed by atoms with van der Waals surface area (Å²) >= 11 is 0. The van der Waals surface area contributed by atoms with Gasteiger partial charge in [-0.05, 0) is 25.2 Å². The summed E-state index contributed by atoms with van der Waals surface area (Å²) in [6.45, 7) is 3.36. The van der Waals surface area contributed by atoms with Gasteiger partial charge >= 0.3 is 0 Å². The molecule has 0 aliphatic carbocycles. The van der Waals surface area contributed by atoms with Gasteiger partial charge in [0.15, 0.2) is 0 Å². The van der Waals surface area contributed by atoms with Crippen LogP contribution in [0.4, 0.5) is 0 Å². The van der Waals surface area contributed by atoms with Crippen LogP contribution in [0.5, 0.6) is 0 Å². The minimum Gasteiger partial charge on any atom is -0.343 e. The van der Waals surface area contributed by atoms with Crippen LogP contribution in [0.25, 0.3) is 11.3 Å². The van der Waals surface area contributed by atoms with Crippen molar-refractivity contribution in [1.82, 2.24) is 24.6 Å². The highest BCUT2D eigenvalue weighted by Gasteiger charge is 2.21. The summed E-state index contributed by atoms with van der Waals surface area (Å²) in [7, 11) is 1.89. The number of carbonyl (C=O) groups excluding carboxylic acids is 1. The first-order valence-electron chi connectivity index (χ1n) is 7.67. The van der Waals surface area contributed by atoms with Crippen LogP contribution in [0.15, 0.2) is 24.8 Å². The van der Waals surface area contributed by atoms with Crippen molar-refractivity contribution in [1.29, 1.82) is 0 Å². The van der Waals surface area contributed by atoms with Crippen molar-refractivity contribution < 1.29 is 4.79 Å². The van der Waals surface area contributed by atoms with Crippen LogP contribution in [0.3, 0.4) is 0 Å². The molecule has 1 saturated heterocycles. The molecule has 0 radical (unpaired) electrons. The van der Waals surface area contributed by atoms with E-state index in [9.17, 15) is 4.79 Å². The standard InChI is InChI=1S/C16H21N5O/c1-12(22)21-5-3-13(4-6-21)7-15-9-17-10-16(19-15)14-8-18-20(2)11-14/h8-11,13H,3-7H2,1-2H3. The summed E-state index contributed by atoms with van der Waals surface area (Å²) in [6, 6.07) is 0. The van der Waals surface area contributed by atoms with Crippen molar-refractivity contribution in [2.45, 2.75) is 26.2 Å². The summed E-state index contributed by atoms with van der Waals surface area (Å²) in [5.74, 6) is 0.755. The summed E-state index contributed by atoms with van der Waals surface area (Å²) in [5, 5.41) is 4.17. The first-order chi connectivity index (χ1) is 10.6. The maximum Gasteiger partial charge on any atom is 0.219 e. The van der Waals surface area contributed by atoms with Crippen molar-refractivity contribution in [3.63, 3.8) is 0 Å². The van der Waals surface area contributed by atoms with Gasteiger partial charge in [-0.1, -0.05) is 0 Å². The first-order valence-corrected chi connectivity index (χ1v) is 7.67. The third kappa shape index (κ3) is 3.32. The molecule has 116 valence electrons. The second-order valence-electron chi connectivity index (χ2n) is 5.95. The van der Waals surface area contributed by atoms with E-state index < -0.39 is 0 Å². The Bertz CT molecular complexity index is 658. The molecule has 22 heavy (non-hydrogen) atoms. The van der Waals surface area contributed by atoms with E-state index >= 15 is 0 Å². The van der Waals surface area contributed by atoms with Gasteiger partial charge in [0.05, 0.1) is 23.8 Å². The zero-order valence-corrected chi connectivity index (χ0v) is 13.1. The lowest BCUT2D eigenvalue weighted by atomic mass is 9.92. The number of piperidine rings is 1. The molecule has 1 amide bonds. The van der Waals surface area contributed by atoms with Crippen molar-refractivity contribution in [3.8, 4) is 11.3 Å². The van der Waals surface area contributed by atoms with Gasteiger partial charge < -0.3 is 4.90 Å². The Hall–Kier alpha value is -2.24. The monoisotopic (exact) mass is 299 g/mol. The third-order valence-corrected chi connectivity index (χ3v) is 4.24. The van der Waals surface area contributed by atoms with E-state index in [1.807, 2.05) is 24.3 Å². The van der Waals surface area contributed by atoms with Crippen molar-refractivity contribution in [2.75, 3.05) is 13.1 Å². The van der Waals surface area contributed by atoms with Crippen molar-refractivity contribution >= 4 is 5.91 Å². The number of carbonyl (C=O) groups is 1. The third-order valence-electron chi connectivity index (χ3n) is 4.24. The molecule has 6 heteroatoms. The predicted octanol–water partition coefficient (Wildman–Crippen LogP) is 1.68. The molecular weight excluding hydrogens is 278 g/mol. The van der Waals surface area contributed by atoms with Crippen LogP contribution in [0.1, 0.15) is 25.5 Å². The quantitative estimate of drug-likeness (QED) is 0.865. The lowest BCUT2D eigenvalue weighted by molar-refractivity contribution is -0.130. The van der Waals surface area contributed by atoms with Crippen LogP contribution < -0.4 is 0 Å². The van der Waals surface area contributed by atoms with Gasteiger partial charge in [-0.25, -0.2) is 4.98 Å². The van der Waals surface area contributed by atoms with Crippen LogP contribution in [-0.4, -0.2) is 43.6 Å². The molecular formula is C16H21N5O. The van der Waals surface area contributed by atoms with E-state index in [1.54, 1.807) is 24.0 Å². The highest BCUT2D eigenvalue weighted by Crippen LogP contribution is 2.22. The van der Waals surface area contributed by atoms with Crippen LogP contribution >= 0.6 is 0 Å². The van der Waals surface area contributed by atoms with Gasteiger partial charge in [0, 0.05) is 45.0 Å². The number of aromatic nitrogens is 4. The van der Waals surface area contributed by atoms with E-state index in [0.29, 0.717) is 5.92 Å². The number of likely N-dealkylation sites (tertiary alicyclic amines) is 1. The van der Waals surface area contributed by atoms with Gasteiger partial charge in [-0.15, -0.1) is 0 Å². The zero-order chi connectivity index (χ0) is 15.5. The lowest BCUT2D eigenvalue weighted by Crippen LogP contribution is -2.37. The Balaban J connectivity index is 1.65. The second-order valence-corrected chi connectivity index (χ2v) is 5.95. The molecule has 3 heterocycles. The SMILES string of the molecule is CC(=O)N1CCC(Cc2cncc(-c3cnn(C)c3)n2)CC1. The Kier molecular flexibility index (Phi) is 4.18. The van der Waals surface area contributed by atoms with Crippen LogP contribution in [0, 0.1) is 5.92 Å². The molecule has 0 unspecified atom stereocenters. The fraction of sp³-hybridized carbons (Fsp3) is 0.500. The van der Waals surface area contributed by atoms with Gasteiger partial charge in [0.2, 0.25) is 5.91 Å². The largest absolute Gasteiger partial charge is 0.343 e. The van der Waals surface area contributed by atoms with Crippen LogP contribution in [0.2, 0.25) is 0 Å². The van der Waals surface area contributed by atoms with Crippen molar-refractivity contribution in [3.05, 3.63) is 30.5 Å². The van der Waals surface area contributed by atoms with Crippen LogP contribution in [-0.2, 0) is 18.3 Å². The lowest BCUT2D eigenvalue weighted by Gasteiger charge is -2.31. The predicted molar refractivity (Wildman–Crippen MR) is 82.9 cm³/mol. The van der Waals surface area contributed by atoms with Gasteiger partial charge in [-0.3, -0.25) is 14.5 Å². The maximum atomic E-state index is 11.4. The number of hydrogen-bond acceptors (Lipinski definition) is 4. The minimum absolute atomic E-state index is 0.178. The fourth-order valence-electron chi connectivity index (χ4n) is 2.95. The van der Waals surface area contributed by atoms with Gasteiger partial charge in [-0.2, -0.15) is 5.10 Å². The molecule has 0 atom stereocenters. The summed E-state index contributed by atoms with van der Waals surface area (Å²) in [4.78, 5) is 22.3. The van der Waals surface area contributed by atoms with Gasteiger partial charge in [0.25, 0.3) is 0 Å². The molecule has 6 nitrogen and oxygen atoms in total. The molecule has 0 saturated carbocycles. The Morgan fingerprint density at radius 3 is 2.68 bits per heavy atom. The Morgan fingerprint density at radius 1 is 1.27 bits per heavy atom. The average molecular weight is 299 g/mol. The van der Waals surface area contributed by atoms with Gasteiger partial charge in [0.1, 0.15) is 0 Å². The topological polar surface area (TPSA) is 63.9 Å². The van der Waals surface area contributed by atoms with E-state index in [0.717, 1.165) is 49.3 Å². The molecule has 2 aromatic rings. The number of aryl methyl sites for hydroxylation is 1. The molecule has 1 aliphatic rings. The molecule has 0 bridgehead atoms. The summed E-state index contributed by atoms with van der Waals surface area (Å²) in [5.41, 5.74) is 2.87. The number of amides is 1. The summed E-state index contributed by atoms with van der Waals surface area (Å²) in [6.07, 6.45) is 10.4. The smallest absolute Gasteiger partial charge is 0.219 e. The number of rotatable bonds is 3. The number of hydrogen-bond donors (Lipinski definition) is 0. The van der Waals surface area contributed by atoms with E-state index in [4.69, 9.17) is 4.98 Å². The van der Waals surface area contributed by atoms with Crippen molar-refractivity contribution in [2.24, 2.45) is 13.0 Å². The Labute approximate surface area is 130 Å². The first kappa shape index (κ1) is 14.7.